The molecule has 4 nitrogen and oxygen atoms in total. The zero-order valence-electron chi connectivity index (χ0n) is 21.0. The maximum Gasteiger partial charge on any atom is 0.228 e. The first-order chi connectivity index (χ1) is 14.2. The smallest absolute Gasteiger partial charge is 0.228 e. The number of rotatable bonds is 11. The third-order valence-corrected chi connectivity index (χ3v) is 13.2. The quantitative estimate of drug-likeness (QED) is 0.233. The maximum atomic E-state index is 12.6. The highest BCUT2D eigenvalue weighted by molar-refractivity contribution is 7.99. The molecule has 1 amide bonds. The van der Waals surface area contributed by atoms with Gasteiger partial charge in [-0.3, -0.25) is 4.79 Å². The summed E-state index contributed by atoms with van der Waals surface area (Å²) in [4.78, 5) is 13.9. The molecule has 4 atom stereocenters. The predicted molar refractivity (Wildman–Crippen MR) is 138 cm³/mol. The van der Waals surface area contributed by atoms with Crippen molar-refractivity contribution in [1.29, 1.82) is 0 Å². The van der Waals surface area contributed by atoms with E-state index in [-0.39, 0.29) is 29.0 Å². The molecule has 2 rings (SSSR count). The lowest BCUT2D eigenvalue weighted by Crippen LogP contribution is -2.67. The van der Waals surface area contributed by atoms with Crippen LogP contribution in [0.1, 0.15) is 34.1 Å². The predicted octanol–water partition coefficient (Wildman–Crippen LogP) is 6.16. The number of thioether (sulfide) groups is 1. The number of benzene rings is 1. The van der Waals surface area contributed by atoms with Gasteiger partial charge in [-0.2, -0.15) is 0 Å². The van der Waals surface area contributed by atoms with Gasteiger partial charge in [0.05, 0.1) is 12.0 Å². The highest BCUT2D eigenvalue weighted by Gasteiger charge is 2.49. The van der Waals surface area contributed by atoms with Crippen molar-refractivity contribution in [2.45, 2.75) is 88.9 Å². The Balaban J connectivity index is 2.07. The Hall–Kier alpha value is -0.606. The lowest BCUT2D eigenvalue weighted by molar-refractivity contribution is -0.142. The minimum atomic E-state index is -1.93. The molecule has 0 unspecified atom stereocenters. The molecule has 1 aliphatic rings. The van der Waals surface area contributed by atoms with Crippen LogP contribution in [0.2, 0.25) is 37.8 Å². The van der Waals surface area contributed by atoms with E-state index in [1.165, 1.54) is 4.90 Å². The molecule has 1 aliphatic heterocycles. The molecule has 0 spiro atoms. The first-order valence-corrected chi connectivity index (χ1v) is 18.8. The van der Waals surface area contributed by atoms with Gasteiger partial charge in [-0.15, -0.1) is 11.8 Å². The van der Waals surface area contributed by atoms with Crippen LogP contribution in [0.3, 0.4) is 0 Å². The van der Waals surface area contributed by atoms with Gasteiger partial charge in [-0.1, -0.05) is 39.0 Å². The monoisotopic (exact) mass is 481 g/mol. The van der Waals surface area contributed by atoms with Gasteiger partial charge in [0.2, 0.25) is 5.91 Å². The lowest BCUT2D eigenvalue weighted by atomic mass is 9.77. The van der Waals surface area contributed by atoms with Gasteiger partial charge in [-0.05, 0) is 69.0 Å². The van der Waals surface area contributed by atoms with E-state index in [0.29, 0.717) is 12.5 Å². The van der Waals surface area contributed by atoms with Gasteiger partial charge < -0.3 is 14.2 Å². The standard InChI is InChI=1S/C24H43NO3SSi2/c1-18(28-31(8,9)24(2,3)4)21-22(25-23(21)26)19(17-27-30(5,6)7)15-16-29-20-13-11-10-12-14-20/h10-14,18-19,21-22H,15-17H2,1-9H3,(H,25,26)/t18-,19+,21-,22-/m1/s1. The Morgan fingerprint density at radius 2 is 1.71 bits per heavy atom. The van der Waals surface area contributed by atoms with Crippen molar-refractivity contribution < 1.29 is 13.6 Å². The summed E-state index contributed by atoms with van der Waals surface area (Å²) in [6, 6.07) is 10.6. The Bertz CT molecular complexity index is 716. The highest BCUT2D eigenvalue weighted by atomic mass is 32.2. The summed E-state index contributed by atoms with van der Waals surface area (Å²) in [5, 5.41) is 3.33. The summed E-state index contributed by atoms with van der Waals surface area (Å²) in [6.45, 7) is 20.7. The van der Waals surface area contributed by atoms with Crippen LogP contribution in [-0.2, 0) is 13.6 Å². The molecule has 1 saturated heterocycles. The zero-order valence-corrected chi connectivity index (χ0v) is 23.8. The number of amides is 1. The fourth-order valence-corrected chi connectivity index (χ4v) is 6.77. The van der Waals surface area contributed by atoms with E-state index in [2.05, 4.69) is 90.0 Å². The van der Waals surface area contributed by atoms with Crippen molar-refractivity contribution in [3.8, 4) is 0 Å². The average Bonchev–Trinajstić information content (AvgIpc) is 2.61. The molecule has 176 valence electrons. The topological polar surface area (TPSA) is 47.6 Å². The molecule has 0 bridgehead atoms. The third kappa shape index (κ3) is 7.74. The fraction of sp³-hybridized carbons (Fsp3) is 0.708. The van der Waals surface area contributed by atoms with E-state index in [1.54, 1.807) is 0 Å². The summed E-state index contributed by atoms with van der Waals surface area (Å²) in [5.74, 6) is 1.35. The van der Waals surface area contributed by atoms with Gasteiger partial charge in [0.25, 0.3) is 0 Å². The number of carbonyl (C=O) groups excluding carboxylic acids is 1. The van der Waals surface area contributed by atoms with Crippen LogP contribution in [0.4, 0.5) is 0 Å². The Morgan fingerprint density at radius 3 is 2.23 bits per heavy atom. The lowest BCUT2D eigenvalue weighted by Gasteiger charge is -2.48. The molecular formula is C24H43NO3SSi2. The third-order valence-electron chi connectivity index (χ3n) is 6.53. The van der Waals surface area contributed by atoms with Crippen LogP contribution in [0.25, 0.3) is 0 Å². The van der Waals surface area contributed by atoms with Gasteiger partial charge in [-0.25, -0.2) is 0 Å². The molecule has 0 aliphatic carbocycles. The summed E-state index contributed by atoms with van der Waals surface area (Å²) < 4.78 is 12.9. The van der Waals surface area contributed by atoms with Crippen molar-refractivity contribution in [2.24, 2.45) is 11.8 Å². The van der Waals surface area contributed by atoms with Crippen LogP contribution < -0.4 is 5.32 Å². The maximum absolute atomic E-state index is 12.6. The zero-order chi connectivity index (χ0) is 23.4. The molecule has 0 radical (unpaired) electrons. The average molecular weight is 482 g/mol. The second kappa shape index (κ2) is 10.6. The second-order valence-electron chi connectivity index (χ2n) is 11.3. The van der Waals surface area contributed by atoms with Crippen molar-refractivity contribution in [1.82, 2.24) is 5.32 Å². The molecule has 0 saturated carbocycles. The summed E-state index contributed by atoms with van der Waals surface area (Å²) in [7, 11) is -3.56. The van der Waals surface area contributed by atoms with Crippen molar-refractivity contribution in [2.75, 3.05) is 12.4 Å². The summed E-state index contributed by atoms with van der Waals surface area (Å²) in [6.07, 6.45) is 0.939. The van der Waals surface area contributed by atoms with Crippen LogP contribution in [0, 0.1) is 11.8 Å². The number of hydrogen-bond donors (Lipinski definition) is 1. The second-order valence-corrected chi connectivity index (χ2v) is 21.7. The highest BCUT2D eigenvalue weighted by Crippen LogP contribution is 2.40. The molecule has 1 heterocycles. The van der Waals surface area contributed by atoms with E-state index in [9.17, 15) is 4.79 Å². The molecule has 0 aromatic heterocycles. The van der Waals surface area contributed by atoms with Crippen LogP contribution in [0.15, 0.2) is 35.2 Å². The number of nitrogens with one attached hydrogen (secondary N) is 1. The Kier molecular flexibility index (Phi) is 9.07. The largest absolute Gasteiger partial charge is 0.417 e. The van der Waals surface area contributed by atoms with Crippen LogP contribution >= 0.6 is 11.8 Å². The molecule has 31 heavy (non-hydrogen) atoms. The molecule has 1 N–H and O–H groups in total. The Labute approximate surface area is 196 Å². The van der Waals surface area contributed by atoms with E-state index in [0.717, 1.165) is 12.2 Å². The normalized spacial score (nSPS) is 21.9. The van der Waals surface area contributed by atoms with Gasteiger partial charge in [0.15, 0.2) is 16.6 Å². The van der Waals surface area contributed by atoms with Crippen molar-refractivity contribution in [3.05, 3.63) is 30.3 Å². The SMILES string of the molecule is C[C@@H](O[Si](C)(C)C(C)(C)C)[C@H]1C(=O)N[C@@H]1[C@@H](CCSc1ccccc1)CO[Si](C)(C)C. The number of carbonyl (C=O) groups is 1. The molecular weight excluding hydrogens is 439 g/mol. The van der Waals surface area contributed by atoms with Crippen molar-refractivity contribution >= 4 is 34.3 Å². The molecule has 1 aromatic carbocycles. The van der Waals surface area contributed by atoms with E-state index < -0.39 is 16.6 Å². The summed E-state index contributed by atoms with van der Waals surface area (Å²) in [5.41, 5.74) is 0. The minimum absolute atomic E-state index is 0.0733. The van der Waals surface area contributed by atoms with Crippen LogP contribution in [0.5, 0.6) is 0 Å². The van der Waals surface area contributed by atoms with Crippen molar-refractivity contribution in [3.63, 3.8) is 0 Å². The van der Waals surface area contributed by atoms with Gasteiger partial charge >= 0.3 is 0 Å². The minimum Gasteiger partial charge on any atom is -0.417 e. The Morgan fingerprint density at radius 1 is 1.10 bits per heavy atom. The van der Waals surface area contributed by atoms with Gasteiger partial charge in [0.1, 0.15) is 0 Å². The number of β-lactam (4-membered cyclic amide) rings is 1. The van der Waals surface area contributed by atoms with E-state index >= 15 is 0 Å². The van der Waals surface area contributed by atoms with Gasteiger partial charge in [0, 0.05) is 23.5 Å². The molecule has 1 fully saturated rings. The first kappa shape index (κ1) is 26.6. The van der Waals surface area contributed by atoms with E-state index in [1.807, 2.05) is 17.8 Å². The molecule has 7 heteroatoms. The fourth-order valence-electron chi connectivity index (χ4n) is 3.62. The summed E-state index contributed by atoms with van der Waals surface area (Å²) >= 11 is 1.88. The van der Waals surface area contributed by atoms with E-state index in [4.69, 9.17) is 8.85 Å². The molecule has 1 aromatic rings. The number of hydrogen-bond acceptors (Lipinski definition) is 4. The first-order valence-electron chi connectivity index (χ1n) is 11.5. The van der Waals surface area contributed by atoms with Crippen LogP contribution in [-0.4, -0.2) is 47.0 Å².